The summed E-state index contributed by atoms with van der Waals surface area (Å²) in [6.07, 6.45) is 0.536. The Morgan fingerprint density at radius 3 is 2.71 bits per heavy atom. The molecule has 4 rings (SSSR count). The van der Waals surface area contributed by atoms with E-state index in [9.17, 15) is 4.79 Å². The third kappa shape index (κ3) is 3.71. The van der Waals surface area contributed by atoms with Gasteiger partial charge in [-0.15, -0.1) is 0 Å². The van der Waals surface area contributed by atoms with Crippen LogP contribution in [0.4, 0.5) is 0 Å². The number of aromatic nitrogens is 1. The van der Waals surface area contributed by atoms with Gasteiger partial charge in [-0.3, -0.25) is 9.69 Å². The van der Waals surface area contributed by atoms with Crippen LogP contribution >= 0.6 is 0 Å². The van der Waals surface area contributed by atoms with E-state index in [1.54, 1.807) is 0 Å². The van der Waals surface area contributed by atoms with Gasteiger partial charge in [0.25, 0.3) is 0 Å². The molecule has 2 aromatic rings. The minimum atomic E-state index is -0.157. The molecule has 2 saturated heterocycles. The average Bonchev–Trinajstić information content (AvgIpc) is 3.08. The summed E-state index contributed by atoms with van der Waals surface area (Å²) in [5, 5.41) is 4.03. The van der Waals surface area contributed by atoms with Gasteiger partial charge >= 0.3 is 0 Å². The number of carbonyl (C=O) groups is 1. The molecule has 0 N–H and O–H groups in total. The minimum Gasteiger partial charge on any atom is -0.379 e. The number of benzene rings is 1. The largest absolute Gasteiger partial charge is 0.379 e. The Kier molecular flexibility index (Phi) is 5.25. The van der Waals surface area contributed by atoms with Gasteiger partial charge in [0.2, 0.25) is 5.91 Å². The van der Waals surface area contributed by atoms with Gasteiger partial charge in [0.1, 0.15) is 5.76 Å². The topological polar surface area (TPSA) is 58.8 Å². The fraction of sp³-hybridized carbons (Fsp3) is 0.545. The highest BCUT2D eigenvalue weighted by atomic mass is 16.5. The standard InChI is InChI=1S/C22H29N3O3/c1-16-20(18(3)28-23-16)12-25-14-22(11-21(25)26)13-24(9-10-27-15-22)17(2)19-7-5-4-6-8-19/h4-8,17H,9-15H2,1-3H3/t17-,22-/m1/s1. The summed E-state index contributed by atoms with van der Waals surface area (Å²) in [7, 11) is 0. The Labute approximate surface area is 166 Å². The van der Waals surface area contributed by atoms with E-state index in [2.05, 4.69) is 41.2 Å². The molecule has 2 aliphatic rings. The normalized spacial score (nSPS) is 24.7. The fourth-order valence-corrected chi connectivity index (χ4v) is 4.55. The molecule has 2 fully saturated rings. The summed E-state index contributed by atoms with van der Waals surface area (Å²) in [5.74, 6) is 0.987. The summed E-state index contributed by atoms with van der Waals surface area (Å²) in [6.45, 7) is 10.5. The van der Waals surface area contributed by atoms with Crippen LogP contribution in [-0.2, 0) is 16.1 Å². The summed E-state index contributed by atoms with van der Waals surface area (Å²) in [4.78, 5) is 17.3. The van der Waals surface area contributed by atoms with E-state index in [-0.39, 0.29) is 11.3 Å². The number of rotatable bonds is 4. The van der Waals surface area contributed by atoms with Crippen molar-refractivity contribution in [3.63, 3.8) is 0 Å². The molecule has 1 aromatic carbocycles. The first kappa shape index (κ1) is 19.2. The number of aryl methyl sites for hydroxylation is 2. The van der Waals surface area contributed by atoms with E-state index >= 15 is 0 Å². The molecule has 0 bridgehead atoms. The molecular formula is C22H29N3O3. The van der Waals surface area contributed by atoms with Crippen LogP contribution in [0.15, 0.2) is 34.9 Å². The summed E-state index contributed by atoms with van der Waals surface area (Å²) in [5.41, 5.74) is 3.03. The first-order valence-corrected chi connectivity index (χ1v) is 10.0. The van der Waals surface area contributed by atoms with Gasteiger partial charge in [-0.05, 0) is 26.3 Å². The zero-order valence-electron chi connectivity index (χ0n) is 17.0. The Balaban J connectivity index is 1.51. The molecule has 0 radical (unpaired) electrons. The van der Waals surface area contributed by atoms with Crippen LogP contribution in [-0.4, -0.2) is 53.7 Å². The SMILES string of the molecule is Cc1noc(C)c1CN1C[C@@]2(COCCN([C@H](C)c3ccccc3)C2)CC1=O. The maximum atomic E-state index is 12.9. The number of ether oxygens (including phenoxy) is 1. The molecular weight excluding hydrogens is 354 g/mol. The molecule has 0 aliphatic carbocycles. The number of amides is 1. The lowest BCUT2D eigenvalue weighted by molar-refractivity contribution is -0.128. The number of hydrogen-bond donors (Lipinski definition) is 0. The molecule has 0 unspecified atom stereocenters. The van der Waals surface area contributed by atoms with Crippen LogP contribution in [0.3, 0.4) is 0 Å². The average molecular weight is 383 g/mol. The number of carbonyl (C=O) groups excluding carboxylic acids is 1. The predicted octanol–water partition coefficient (Wildman–Crippen LogP) is 3.10. The second kappa shape index (κ2) is 7.68. The number of nitrogens with zero attached hydrogens (tertiary/aromatic N) is 3. The summed E-state index contributed by atoms with van der Waals surface area (Å²) < 4.78 is 11.3. The highest BCUT2D eigenvalue weighted by Gasteiger charge is 2.46. The van der Waals surface area contributed by atoms with Crippen molar-refractivity contribution in [3.05, 3.63) is 52.9 Å². The van der Waals surface area contributed by atoms with E-state index < -0.39 is 0 Å². The van der Waals surface area contributed by atoms with Crippen molar-refractivity contribution in [3.8, 4) is 0 Å². The van der Waals surface area contributed by atoms with Crippen molar-refractivity contribution < 1.29 is 14.1 Å². The Morgan fingerprint density at radius 1 is 1.21 bits per heavy atom. The highest BCUT2D eigenvalue weighted by Crippen LogP contribution is 2.37. The third-order valence-corrected chi connectivity index (χ3v) is 6.23. The van der Waals surface area contributed by atoms with E-state index in [0.717, 1.165) is 30.1 Å². The Morgan fingerprint density at radius 2 is 2.00 bits per heavy atom. The second-order valence-corrected chi connectivity index (χ2v) is 8.34. The number of hydrogen-bond acceptors (Lipinski definition) is 5. The zero-order valence-corrected chi connectivity index (χ0v) is 17.0. The van der Waals surface area contributed by atoms with Crippen LogP contribution in [0.1, 0.15) is 42.0 Å². The molecule has 150 valence electrons. The van der Waals surface area contributed by atoms with Crippen LogP contribution in [0.5, 0.6) is 0 Å². The first-order valence-electron chi connectivity index (χ1n) is 10.0. The molecule has 6 nitrogen and oxygen atoms in total. The third-order valence-electron chi connectivity index (χ3n) is 6.23. The van der Waals surface area contributed by atoms with Crippen LogP contribution < -0.4 is 0 Å². The first-order chi connectivity index (χ1) is 13.5. The Hall–Kier alpha value is -2.18. The van der Waals surface area contributed by atoms with Gasteiger partial charge < -0.3 is 14.2 Å². The van der Waals surface area contributed by atoms with Crippen molar-refractivity contribution in [2.24, 2.45) is 5.41 Å². The number of likely N-dealkylation sites (tertiary alicyclic amines) is 1. The minimum absolute atomic E-state index is 0.157. The van der Waals surface area contributed by atoms with Gasteiger partial charge in [-0.2, -0.15) is 0 Å². The molecule has 28 heavy (non-hydrogen) atoms. The van der Waals surface area contributed by atoms with Crippen molar-refractivity contribution >= 4 is 5.91 Å². The molecule has 2 atom stereocenters. The van der Waals surface area contributed by atoms with Gasteiger partial charge in [0, 0.05) is 43.1 Å². The van der Waals surface area contributed by atoms with Crippen LogP contribution in [0, 0.1) is 19.3 Å². The monoisotopic (exact) mass is 383 g/mol. The molecule has 6 heteroatoms. The molecule has 1 spiro atoms. The maximum Gasteiger partial charge on any atom is 0.223 e. The van der Waals surface area contributed by atoms with E-state index in [1.165, 1.54) is 5.56 Å². The lowest BCUT2D eigenvalue weighted by atomic mass is 9.86. The zero-order chi connectivity index (χ0) is 19.7. The van der Waals surface area contributed by atoms with Crippen LogP contribution in [0.2, 0.25) is 0 Å². The summed E-state index contributed by atoms with van der Waals surface area (Å²) >= 11 is 0. The van der Waals surface area contributed by atoms with E-state index in [4.69, 9.17) is 9.26 Å². The smallest absolute Gasteiger partial charge is 0.223 e. The molecule has 1 amide bonds. The lowest BCUT2D eigenvalue weighted by Crippen LogP contribution is -2.41. The fourth-order valence-electron chi connectivity index (χ4n) is 4.55. The van der Waals surface area contributed by atoms with E-state index in [1.807, 2.05) is 24.8 Å². The Bertz CT molecular complexity index is 815. The lowest BCUT2D eigenvalue weighted by Gasteiger charge is -2.35. The van der Waals surface area contributed by atoms with Crippen molar-refractivity contribution in [2.75, 3.05) is 32.8 Å². The van der Waals surface area contributed by atoms with E-state index in [0.29, 0.717) is 38.8 Å². The summed E-state index contributed by atoms with van der Waals surface area (Å²) in [6, 6.07) is 10.9. The highest BCUT2D eigenvalue weighted by molar-refractivity contribution is 5.79. The molecule has 3 heterocycles. The van der Waals surface area contributed by atoms with Gasteiger partial charge in [-0.1, -0.05) is 35.5 Å². The van der Waals surface area contributed by atoms with Crippen molar-refractivity contribution in [2.45, 2.75) is 39.8 Å². The molecule has 2 aliphatic heterocycles. The van der Waals surface area contributed by atoms with Gasteiger partial charge in [0.05, 0.1) is 25.5 Å². The molecule has 1 aromatic heterocycles. The van der Waals surface area contributed by atoms with Crippen molar-refractivity contribution in [1.82, 2.24) is 15.0 Å². The van der Waals surface area contributed by atoms with Crippen molar-refractivity contribution in [1.29, 1.82) is 0 Å². The van der Waals surface area contributed by atoms with Gasteiger partial charge in [0.15, 0.2) is 0 Å². The van der Waals surface area contributed by atoms with Crippen LogP contribution in [0.25, 0.3) is 0 Å². The second-order valence-electron chi connectivity index (χ2n) is 8.34. The maximum absolute atomic E-state index is 12.9. The quantitative estimate of drug-likeness (QED) is 0.812. The molecule has 0 saturated carbocycles. The predicted molar refractivity (Wildman–Crippen MR) is 106 cm³/mol. The van der Waals surface area contributed by atoms with Gasteiger partial charge in [-0.25, -0.2) is 0 Å².